The van der Waals surface area contributed by atoms with Gasteiger partial charge in [0.15, 0.2) is 0 Å². The topological polar surface area (TPSA) is 20.3 Å². The van der Waals surface area contributed by atoms with Gasteiger partial charge in [0.1, 0.15) is 6.29 Å². The minimum absolute atomic E-state index is 0.164. The Balaban J connectivity index is 2.64. The van der Waals surface area contributed by atoms with E-state index < -0.39 is 0 Å². The van der Waals surface area contributed by atoms with Crippen molar-refractivity contribution in [2.24, 2.45) is 0 Å². The number of aldehydes is 1. The predicted octanol–water partition coefficient (Wildman–Crippen LogP) is 4.70. The maximum Gasteiger partial charge on any atom is 0.150 e. The van der Waals surface area contributed by atoms with E-state index >= 15 is 0 Å². The van der Waals surface area contributed by atoms with Crippen molar-refractivity contribution in [3.63, 3.8) is 0 Å². The number of nitrogens with zero attached hydrogens (tertiary/aromatic N) is 1. The molecule has 0 saturated carbocycles. The highest BCUT2D eigenvalue weighted by molar-refractivity contribution is 5.80. The monoisotopic (exact) mass is 273 g/mol. The van der Waals surface area contributed by atoms with Gasteiger partial charge in [-0.3, -0.25) is 4.79 Å². The second kappa shape index (κ2) is 5.23. The number of carbonyl (C=O) groups excluding carboxylic acids is 1. The van der Waals surface area contributed by atoms with E-state index in [1.165, 1.54) is 11.3 Å². The lowest BCUT2D eigenvalue weighted by Crippen LogP contribution is -2.52. The summed E-state index contributed by atoms with van der Waals surface area (Å²) in [6.07, 6.45) is 3.24. The summed E-state index contributed by atoms with van der Waals surface area (Å²) in [6, 6.07) is 4.83. The zero-order valence-electron chi connectivity index (χ0n) is 13.7. The number of benzene rings is 1. The van der Waals surface area contributed by atoms with Crippen LogP contribution in [0.2, 0.25) is 0 Å². The van der Waals surface area contributed by atoms with Crippen LogP contribution >= 0.6 is 0 Å². The lowest BCUT2D eigenvalue weighted by molar-refractivity contribution is 0.112. The molecule has 0 N–H and O–H groups in total. The summed E-state index contributed by atoms with van der Waals surface area (Å²) in [7, 11) is 0. The van der Waals surface area contributed by atoms with Crippen molar-refractivity contribution in [3.05, 3.63) is 28.8 Å². The summed E-state index contributed by atoms with van der Waals surface area (Å²) in [5.41, 5.74) is 4.73. The summed E-state index contributed by atoms with van der Waals surface area (Å²) in [6.45, 7) is 13.5. The molecule has 0 spiro atoms. The highest BCUT2D eigenvalue weighted by Crippen LogP contribution is 2.45. The van der Waals surface area contributed by atoms with E-state index in [0.717, 1.165) is 30.3 Å². The Morgan fingerprint density at radius 2 is 2.10 bits per heavy atom. The zero-order valence-corrected chi connectivity index (χ0v) is 13.7. The maximum absolute atomic E-state index is 11.2. The SMILES string of the molecule is CC[C@H](C)N1c2cc(C)c(C=O)cc2[C@@H](C)CC1(C)C. The van der Waals surface area contributed by atoms with E-state index in [4.69, 9.17) is 0 Å². The molecule has 2 atom stereocenters. The molecule has 0 fully saturated rings. The lowest BCUT2D eigenvalue weighted by Gasteiger charge is -2.50. The number of hydrogen-bond acceptors (Lipinski definition) is 2. The molecule has 1 aliphatic heterocycles. The molecule has 0 unspecified atom stereocenters. The fourth-order valence-corrected chi connectivity index (χ4v) is 3.76. The third kappa shape index (κ3) is 2.36. The largest absolute Gasteiger partial charge is 0.363 e. The molecule has 1 aromatic rings. The molecule has 1 aromatic carbocycles. The molecule has 0 amide bonds. The molecule has 0 saturated heterocycles. The van der Waals surface area contributed by atoms with Crippen molar-refractivity contribution >= 4 is 12.0 Å². The highest BCUT2D eigenvalue weighted by Gasteiger charge is 2.38. The van der Waals surface area contributed by atoms with Crippen molar-refractivity contribution in [2.75, 3.05) is 4.90 Å². The predicted molar refractivity (Wildman–Crippen MR) is 85.9 cm³/mol. The summed E-state index contributed by atoms with van der Waals surface area (Å²) in [4.78, 5) is 13.8. The molecule has 2 rings (SSSR count). The first kappa shape index (κ1) is 15.1. The molecule has 2 heteroatoms. The molecular formula is C18H27NO. The van der Waals surface area contributed by atoms with Gasteiger partial charge in [0.2, 0.25) is 0 Å². The summed E-state index contributed by atoms with van der Waals surface area (Å²) in [5, 5.41) is 0. The second-order valence-electron chi connectivity index (χ2n) is 6.93. The van der Waals surface area contributed by atoms with Gasteiger partial charge in [-0.05, 0) is 69.7 Å². The lowest BCUT2D eigenvalue weighted by atomic mass is 9.78. The molecule has 0 aliphatic carbocycles. The fraction of sp³-hybridized carbons (Fsp3) is 0.611. The Morgan fingerprint density at radius 3 is 2.65 bits per heavy atom. The smallest absolute Gasteiger partial charge is 0.150 e. The minimum atomic E-state index is 0.164. The molecule has 0 radical (unpaired) electrons. The quantitative estimate of drug-likeness (QED) is 0.744. The van der Waals surface area contributed by atoms with Crippen molar-refractivity contribution in [1.82, 2.24) is 0 Å². The summed E-state index contributed by atoms with van der Waals surface area (Å²) in [5.74, 6) is 0.500. The average molecular weight is 273 g/mol. The molecule has 1 aliphatic rings. The van der Waals surface area contributed by atoms with Gasteiger partial charge in [-0.2, -0.15) is 0 Å². The van der Waals surface area contributed by atoms with Crippen molar-refractivity contribution in [3.8, 4) is 0 Å². The standard InChI is InChI=1S/C18H27NO/c1-7-14(4)19-17-8-12(2)15(11-20)9-16(17)13(3)10-18(19,5)6/h8-9,11,13-14H,7,10H2,1-6H3/t13-,14-/m0/s1. The average Bonchev–Trinajstić information content (AvgIpc) is 2.36. The highest BCUT2D eigenvalue weighted by atomic mass is 16.1. The van der Waals surface area contributed by atoms with Crippen molar-refractivity contribution in [2.45, 2.75) is 71.9 Å². The van der Waals surface area contributed by atoms with E-state index in [-0.39, 0.29) is 5.54 Å². The Bertz CT molecular complexity index is 518. The van der Waals surface area contributed by atoms with Crippen LogP contribution in [0.25, 0.3) is 0 Å². The van der Waals surface area contributed by atoms with Crippen LogP contribution in [0.5, 0.6) is 0 Å². The van der Waals surface area contributed by atoms with Crippen LogP contribution in [0.4, 0.5) is 5.69 Å². The fourth-order valence-electron chi connectivity index (χ4n) is 3.76. The van der Waals surface area contributed by atoms with Crippen molar-refractivity contribution < 1.29 is 4.79 Å². The van der Waals surface area contributed by atoms with E-state index in [0.29, 0.717) is 12.0 Å². The first-order valence-corrected chi connectivity index (χ1v) is 7.71. The van der Waals surface area contributed by atoms with Crippen LogP contribution in [0.15, 0.2) is 12.1 Å². The molecule has 110 valence electrons. The Labute approximate surface area is 123 Å². The molecule has 1 heterocycles. The van der Waals surface area contributed by atoms with E-state index in [1.807, 2.05) is 6.92 Å². The van der Waals surface area contributed by atoms with Crippen LogP contribution in [-0.2, 0) is 0 Å². The number of fused-ring (bicyclic) bond motifs is 1. The van der Waals surface area contributed by atoms with Gasteiger partial charge in [0.05, 0.1) is 0 Å². The number of aryl methyl sites for hydroxylation is 1. The molecule has 0 bridgehead atoms. The molecule has 20 heavy (non-hydrogen) atoms. The molecular weight excluding hydrogens is 246 g/mol. The number of rotatable bonds is 3. The normalized spacial score (nSPS) is 22.3. The van der Waals surface area contributed by atoms with Gasteiger partial charge in [-0.25, -0.2) is 0 Å². The van der Waals surface area contributed by atoms with Crippen LogP contribution in [0.3, 0.4) is 0 Å². The van der Waals surface area contributed by atoms with E-state index in [1.54, 1.807) is 0 Å². The summed E-state index contributed by atoms with van der Waals surface area (Å²) >= 11 is 0. The van der Waals surface area contributed by atoms with Crippen LogP contribution in [0.1, 0.15) is 74.9 Å². The van der Waals surface area contributed by atoms with Gasteiger partial charge in [0.25, 0.3) is 0 Å². The molecule has 0 aromatic heterocycles. The van der Waals surface area contributed by atoms with Gasteiger partial charge in [-0.1, -0.05) is 13.8 Å². The summed E-state index contributed by atoms with van der Waals surface area (Å²) < 4.78 is 0. The van der Waals surface area contributed by atoms with E-state index in [9.17, 15) is 4.79 Å². The first-order chi connectivity index (χ1) is 9.31. The third-order valence-electron chi connectivity index (χ3n) is 4.82. The second-order valence-corrected chi connectivity index (χ2v) is 6.93. The van der Waals surface area contributed by atoms with Gasteiger partial charge >= 0.3 is 0 Å². The number of hydrogen-bond donors (Lipinski definition) is 0. The van der Waals surface area contributed by atoms with Gasteiger partial charge in [0, 0.05) is 22.8 Å². The minimum Gasteiger partial charge on any atom is -0.363 e. The molecule has 2 nitrogen and oxygen atoms in total. The number of carbonyl (C=O) groups is 1. The van der Waals surface area contributed by atoms with Crippen LogP contribution in [0, 0.1) is 6.92 Å². The Kier molecular flexibility index (Phi) is 3.95. The van der Waals surface area contributed by atoms with Gasteiger partial charge < -0.3 is 4.90 Å². The van der Waals surface area contributed by atoms with E-state index in [2.05, 4.69) is 51.7 Å². The van der Waals surface area contributed by atoms with Crippen LogP contribution < -0.4 is 4.90 Å². The maximum atomic E-state index is 11.2. The van der Waals surface area contributed by atoms with Crippen molar-refractivity contribution in [1.29, 1.82) is 0 Å². The zero-order chi connectivity index (χ0) is 15.1. The van der Waals surface area contributed by atoms with Gasteiger partial charge in [-0.15, -0.1) is 0 Å². The van der Waals surface area contributed by atoms with Crippen LogP contribution in [-0.4, -0.2) is 17.9 Å². The third-order valence-corrected chi connectivity index (χ3v) is 4.82. The first-order valence-electron chi connectivity index (χ1n) is 7.71. The Hall–Kier alpha value is -1.31. The Morgan fingerprint density at radius 1 is 1.45 bits per heavy atom. The number of anilines is 1.